The van der Waals surface area contributed by atoms with Gasteiger partial charge in [-0.3, -0.25) is 9.69 Å². The van der Waals surface area contributed by atoms with Crippen LogP contribution in [0.25, 0.3) is 0 Å². The van der Waals surface area contributed by atoms with Crippen molar-refractivity contribution in [2.45, 2.75) is 44.7 Å². The summed E-state index contributed by atoms with van der Waals surface area (Å²) in [6, 6.07) is 9.89. The predicted molar refractivity (Wildman–Crippen MR) is 105 cm³/mol. The third-order valence-electron chi connectivity index (χ3n) is 6.74. The minimum atomic E-state index is 0.0139. The normalized spacial score (nSPS) is 31.1. The molecule has 3 atom stereocenters. The first kappa shape index (κ1) is 17.6. The van der Waals surface area contributed by atoms with Crippen molar-refractivity contribution < 1.29 is 9.90 Å². The van der Waals surface area contributed by atoms with Crippen molar-refractivity contribution in [3.8, 4) is 5.75 Å². The van der Waals surface area contributed by atoms with E-state index >= 15 is 0 Å². The number of aromatic nitrogens is 2. The molecule has 4 saturated heterocycles. The summed E-state index contributed by atoms with van der Waals surface area (Å²) in [5.74, 6) is 1.70. The molecule has 4 aliphatic heterocycles. The monoisotopic (exact) mass is 378 g/mol. The Morgan fingerprint density at radius 1 is 1.11 bits per heavy atom. The van der Waals surface area contributed by atoms with Gasteiger partial charge in [0, 0.05) is 24.2 Å². The van der Waals surface area contributed by atoms with Gasteiger partial charge in [-0.15, -0.1) is 0 Å². The number of carbonyl (C=O) groups is 1. The van der Waals surface area contributed by atoms with Crippen LogP contribution in [0.5, 0.6) is 5.75 Å². The third kappa shape index (κ3) is 2.78. The van der Waals surface area contributed by atoms with Crippen LogP contribution in [0.15, 0.2) is 30.3 Å². The molecule has 6 heteroatoms. The number of fused-ring (bicyclic) bond motifs is 2. The molecule has 4 aliphatic rings. The van der Waals surface area contributed by atoms with E-state index in [0.717, 1.165) is 37.2 Å². The predicted octanol–water partition coefficient (Wildman–Crippen LogP) is 2.50. The number of benzene rings is 1. The number of piperidine rings is 3. The van der Waals surface area contributed by atoms with E-state index in [2.05, 4.69) is 25.8 Å². The Hall–Kier alpha value is -2.47. The van der Waals surface area contributed by atoms with Crippen LogP contribution < -0.4 is 0 Å². The van der Waals surface area contributed by atoms with E-state index in [0.29, 0.717) is 30.0 Å². The minimum absolute atomic E-state index is 0.0139. The summed E-state index contributed by atoms with van der Waals surface area (Å²) in [5.41, 5.74) is 2.44. The second-order valence-electron chi connectivity index (χ2n) is 8.46. The van der Waals surface area contributed by atoms with Gasteiger partial charge in [-0.05, 0) is 69.5 Å². The molecule has 1 N–H and O–H groups in total. The Bertz CT molecular complexity index is 902. The number of phenolic OH excluding ortho intramolecular Hbond substituents is 1. The molecule has 0 unspecified atom stereocenters. The molecule has 0 radical (unpaired) electrons. The van der Waals surface area contributed by atoms with Gasteiger partial charge in [0.2, 0.25) is 0 Å². The van der Waals surface area contributed by atoms with E-state index in [-0.39, 0.29) is 23.6 Å². The summed E-state index contributed by atoms with van der Waals surface area (Å²) in [6.07, 6.45) is 2.30. The first-order chi connectivity index (χ1) is 13.5. The highest BCUT2D eigenvalue weighted by atomic mass is 16.3. The van der Waals surface area contributed by atoms with E-state index in [9.17, 15) is 9.90 Å². The highest BCUT2D eigenvalue weighted by Crippen LogP contribution is 2.47. The summed E-state index contributed by atoms with van der Waals surface area (Å²) in [5, 5.41) is 10.0. The quantitative estimate of drug-likeness (QED) is 0.870. The number of hydrogen-bond donors (Lipinski definition) is 1. The summed E-state index contributed by atoms with van der Waals surface area (Å²) in [7, 11) is 0. The van der Waals surface area contributed by atoms with E-state index in [1.165, 1.54) is 0 Å². The van der Waals surface area contributed by atoms with Crippen molar-refractivity contribution >= 4 is 5.91 Å². The smallest absolute Gasteiger partial charge is 0.272 e. The van der Waals surface area contributed by atoms with Gasteiger partial charge >= 0.3 is 0 Å². The van der Waals surface area contributed by atoms with Gasteiger partial charge in [0.15, 0.2) is 0 Å². The van der Waals surface area contributed by atoms with Crippen LogP contribution in [-0.4, -0.2) is 62.5 Å². The Morgan fingerprint density at radius 2 is 1.89 bits per heavy atom. The number of rotatable bonds is 2. The molecule has 1 aromatic carbocycles. The lowest BCUT2D eigenvalue weighted by atomic mass is 9.75. The van der Waals surface area contributed by atoms with Crippen LogP contribution in [0, 0.1) is 19.8 Å². The minimum Gasteiger partial charge on any atom is -0.508 e. The van der Waals surface area contributed by atoms with E-state index in [4.69, 9.17) is 0 Å². The van der Waals surface area contributed by atoms with E-state index < -0.39 is 0 Å². The van der Waals surface area contributed by atoms with Crippen molar-refractivity contribution in [1.29, 1.82) is 0 Å². The van der Waals surface area contributed by atoms with Crippen LogP contribution in [-0.2, 0) is 0 Å². The topological polar surface area (TPSA) is 69.6 Å². The lowest BCUT2D eigenvalue weighted by Gasteiger charge is -2.51. The van der Waals surface area contributed by atoms with Crippen LogP contribution in [0.2, 0.25) is 0 Å². The van der Waals surface area contributed by atoms with Gasteiger partial charge < -0.3 is 10.0 Å². The fourth-order valence-electron chi connectivity index (χ4n) is 5.68. The molecule has 146 valence electrons. The molecule has 0 saturated carbocycles. The number of carbonyl (C=O) groups excluding carboxylic acids is 1. The molecule has 2 bridgehead atoms. The summed E-state index contributed by atoms with van der Waals surface area (Å²) in [6.45, 7) is 6.62. The molecule has 2 aromatic rings. The van der Waals surface area contributed by atoms with E-state index in [1.54, 1.807) is 12.1 Å². The van der Waals surface area contributed by atoms with Crippen molar-refractivity contribution in [3.05, 3.63) is 53.1 Å². The Morgan fingerprint density at radius 3 is 2.61 bits per heavy atom. The maximum Gasteiger partial charge on any atom is 0.272 e. The molecule has 0 aliphatic carbocycles. The Balaban J connectivity index is 1.54. The van der Waals surface area contributed by atoms with Crippen molar-refractivity contribution in [2.75, 3.05) is 19.6 Å². The van der Waals surface area contributed by atoms with Crippen LogP contribution in [0.1, 0.15) is 46.3 Å². The molecule has 6 rings (SSSR count). The lowest BCUT2D eigenvalue weighted by Crippen LogP contribution is -2.60. The maximum atomic E-state index is 13.5. The average molecular weight is 378 g/mol. The van der Waals surface area contributed by atoms with Gasteiger partial charge in [-0.1, -0.05) is 12.1 Å². The summed E-state index contributed by atoms with van der Waals surface area (Å²) in [4.78, 5) is 26.9. The van der Waals surface area contributed by atoms with Crippen molar-refractivity contribution in [3.63, 3.8) is 0 Å². The number of hydrogen-bond acceptors (Lipinski definition) is 5. The first-order valence-electron chi connectivity index (χ1n) is 10.2. The highest BCUT2D eigenvalue weighted by Gasteiger charge is 2.54. The lowest BCUT2D eigenvalue weighted by molar-refractivity contribution is -0.00360. The average Bonchev–Trinajstić information content (AvgIpc) is 3.10. The fourth-order valence-corrected chi connectivity index (χ4v) is 5.68. The molecule has 1 amide bonds. The van der Waals surface area contributed by atoms with Gasteiger partial charge in [0.1, 0.15) is 17.3 Å². The van der Waals surface area contributed by atoms with Gasteiger partial charge in [0.05, 0.1) is 6.04 Å². The summed E-state index contributed by atoms with van der Waals surface area (Å²) < 4.78 is 0. The molecule has 4 fully saturated rings. The molecule has 28 heavy (non-hydrogen) atoms. The zero-order valence-electron chi connectivity index (χ0n) is 16.4. The second kappa shape index (κ2) is 6.55. The number of likely N-dealkylation sites (tertiary alicyclic amines) is 1. The Kier molecular flexibility index (Phi) is 4.12. The largest absolute Gasteiger partial charge is 0.508 e. The molecular formula is C22H26N4O2. The number of nitrogens with zero attached hydrogens (tertiary/aromatic N) is 4. The molecular weight excluding hydrogens is 352 g/mol. The molecule has 5 heterocycles. The molecule has 6 nitrogen and oxygen atoms in total. The molecule has 0 spiro atoms. The highest BCUT2D eigenvalue weighted by molar-refractivity contribution is 5.93. The number of amides is 1. The number of aryl methyl sites for hydroxylation is 2. The number of phenols is 1. The number of aromatic hydroxyl groups is 1. The van der Waals surface area contributed by atoms with Gasteiger partial charge in [-0.25, -0.2) is 9.97 Å². The SMILES string of the molecule is Cc1cc(C(=O)N2C[C@H](c3cccc(O)c3)[C@H]3[C@@H]2C2CCN3CC2)nc(C)n1. The standard InChI is InChI=1S/C22H26N4O2/c1-13-10-19(24-14(2)23-13)22(28)26-12-18(16-4-3-5-17(27)11-16)21-20(26)15-6-8-25(21)9-7-15/h3-5,10-11,15,18,20-21,27H,6-9,12H2,1-2H3/t18-,20+,21+/m1/s1. The van der Waals surface area contributed by atoms with Crippen molar-refractivity contribution in [2.24, 2.45) is 5.92 Å². The zero-order chi connectivity index (χ0) is 19.4. The zero-order valence-corrected chi connectivity index (χ0v) is 16.4. The van der Waals surface area contributed by atoms with Crippen LogP contribution in [0.3, 0.4) is 0 Å². The van der Waals surface area contributed by atoms with Gasteiger partial charge in [-0.2, -0.15) is 0 Å². The third-order valence-corrected chi connectivity index (χ3v) is 6.74. The maximum absolute atomic E-state index is 13.5. The molecule has 1 aromatic heterocycles. The van der Waals surface area contributed by atoms with E-state index in [1.807, 2.05) is 26.0 Å². The second-order valence-corrected chi connectivity index (χ2v) is 8.46. The van der Waals surface area contributed by atoms with Crippen LogP contribution >= 0.6 is 0 Å². The van der Waals surface area contributed by atoms with Crippen molar-refractivity contribution in [1.82, 2.24) is 19.8 Å². The summed E-state index contributed by atoms with van der Waals surface area (Å²) >= 11 is 0. The fraction of sp³-hybridized carbons (Fsp3) is 0.500. The first-order valence-corrected chi connectivity index (χ1v) is 10.2. The van der Waals surface area contributed by atoms with Crippen LogP contribution in [0.4, 0.5) is 0 Å². The Labute approximate surface area is 165 Å². The van der Waals surface area contributed by atoms with Gasteiger partial charge in [0.25, 0.3) is 5.91 Å².